The molecular formula is C16H14FN3O2. The second-order valence-corrected chi connectivity index (χ2v) is 4.99. The molecule has 0 unspecified atom stereocenters. The van der Waals surface area contributed by atoms with Crippen LogP contribution in [0.4, 0.5) is 10.1 Å². The van der Waals surface area contributed by atoms with Gasteiger partial charge in [0.25, 0.3) is 0 Å². The fraction of sp³-hybridized carbons (Fsp3) is 0.125. The van der Waals surface area contributed by atoms with Gasteiger partial charge in [0.2, 0.25) is 0 Å². The maximum Gasteiger partial charge on any atom is 0.355 e. The van der Waals surface area contributed by atoms with E-state index in [-0.39, 0.29) is 11.5 Å². The highest BCUT2D eigenvalue weighted by molar-refractivity contribution is 5.93. The molecule has 0 atom stereocenters. The first-order chi connectivity index (χ1) is 10.6. The standard InChI is InChI=1S/C16H14FN3O2/c1-10-8-11(2-3-12(10)17)9-19-13-4-5-14-18-6-7-20(14)15(13)16(21)22/h2-8,19H,9H2,1H3,(H,21,22). The number of pyridine rings is 1. The molecule has 0 saturated carbocycles. The molecule has 112 valence electrons. The molecule has 0 amide bonds. The largest absolute Gasteiger partial charge is 0.476 e. The zero-order chi connectivity index (χ0) is 15.7. The summed E-state index contributed by atoms with van der Waals surface area (Å²) in [6, 6.07) is 8.24. The van der Waals surface area contributed by atoms with Gasteiger partial charge < -0.3 is 10.4 Å². The fourth-order valence-electron chi connectivity index (χ4n) is 2.37. The number of hydrogen-bond acceptors (Lipinski definition) is 3. The van der Waals surface area contributed by atoms with E-state index in [1.165, 1.54) is 10.5 Å². The van der Waals surface area contributed by atoms with Crippen LogP contribution in [-0.2, 0) is 6.54 Å². The zero-order valence-electron chi connectivity index (χ0n) is 11.9. The lowest BCUT2D eigenvalue weighted by atomic mass is 10.1. The highest BCUT2D eigenvalue weighted by atomic mass is 19.1. The summed E-state index contributed by atoms with van der Waals surface area (Å²) in [7, 11) is 0. The molecule has 0 spiro atoms. The van der Waals surface area contributed by atoms with Crippen molar-refractivity contribution in [2.75, 3.05) is 5.32 Å². The van der Waals surface area contributed by atoms with Crippen molar-refractivity contribution in [3.63, 3.8) is 0 Å². The molecule has 6 heteroatoms. The summed E-state index contributed by atoms with van der Waals surface area (Å²) in [5.74, 6) is -1.30. The van der Waals surface area contributed by atoms with Gasteiger partial charge in [-0.15, -0.1) is 0 Å². The molecule has 0 fully saturated rings. The highest BCUT2D eigenvalue weighted by Gasteiger charge is 2.14. The normalized spacial score (nSPS) is 10.8. The van der Waals surface area contributed by atoms with Crippen molar-refractivity contribution < 1.29 is 14.3 Å². The maximum atomic E-state index is 13.3. The number of nitrogens with zero attached hydrogens (tertiary/aromatic N) is 2. The molecule has 0 aliphatic heterocycles. The van der Waals surface area contributed by atoms with E-state index in [9.17, 15) is 14.3 Å². The van der Waals surface area contributed by atoms with E-state index in [0.29, 0.717) is 23.4 Å². The van der Waals surface area contributed by atoms with E-state index in [4.69, 9.17) is 0 Å². The second-order valence-electron chi connectivity index (χ2n) is 4.99. The van der Waals surface area contributed by atoms with Crippen molar-refractivity contribution in [3.05, 3.63) is 65.4 Å². The van der Waals surface area contributed by atoms with Crippen molar-refractivity contribution in [2.45, 2.75) is 13.5 Å². The molecule has 5 nitrogen and oxygen atoms in total. The monoisotopic (exact) mass is 299 g/mol. The summed E-state index contributed by atoms with van der Waals surface area (Å²) >= 11 is 0. The SMILES string of the molecule is Cc1cc(CNc2ccc3nccn3c2C(=O)O)ccc1F. The predicted molar refractivity (Wildman–Crippen MR) is 80.6 cm³/mol. The third-order valence-corrected chi connectivity index (χ3v) is 3.47. The number of benzene rings is 1. The van der Waals surface area contributed by atoms with E-state index in [1.807, 2.05) is 0 Å². The highest BCUT2D eigenvalue weighted by Crippen LogP contribution is 2.19. The minimum absolute atomic E-state index is 0.119. The molecule has 0 aliphatic carbocycles. The summed E-state index contributed by atoms with van der Waals surface area (Å²) in [5, 5.41) is 12.5. The van der Waals surface area contributed by atoms with Gasteiger partial charge in [0.05, 0.1) is 5.69 Å². The molecule has 2 heterocycles. The summed E-state index contributed by atoms with van der Waals surface area (Å²) in [5.41, 5.74) is 2.61. The Balaban J connectivity index is 1.91. The van der Waals surface area contributed by atoms with Gasteiger partial charge in [0.15, 0.2) is 5.69 Å². The molecule has 0 aliphatic rings. The quantitative estimate of drug-likeness (QED) is 0.777. The first-order valence-electron chi connectivity index (χ1n) is 6.74. The summed E-state index contributed by atoms with van der Waals surface area (Å²) in [6.07, 6.45) is 3.15. The minimum Gasteiger partial charge on any atom is -0.476 e. The Bertz CT molecular complexity index is 858. The van der Waals surface area contributed by atoms with E-state index < -0.39 is 5.97 Å². The van der Waals surface area contributed by atoms with Gasteiger partial charge in [-0.3, -0.25) is 4.40 Å². The Morgan fingerprint density at radius 2 is 2.18 bits per heavy atom. The van der Waals surface area contributed by atoms with Crippen LogP contribution in [-0.4, -0.2) is 20.5 Å². The first kappa shape index (κ1) is 14.1. The number of imidazole rings is 1. The minimum atomic E-state index is -1.04. The molecule has 1 aromatic carbocycles. The molecule has 2 aromatic heterocycles. The predicted octanol–water partition coefficient (Wildman–Crippen LogP) is 3.09. The van der Waals surface area contributed by atoms with Crippen LogP contribution in [0.1, 0.15) is 21.6 Å². The maximum absolute atomic E-state index is 13.3. The third kappa shape index (κ3) is 2.50. The lowest BCUT2D eigenvalue weighted by Crippen LogP contribution is -2.11. The molecule has 0 radical (unpaired) electrons. The number of carboxylic acid groups (broad SMARTS) is 1. The summed E-state index contributed by atoms with van der Waals surface area (Å²) in [4.78, 5) is 15.6. The van der Waals surface area contributed by atoms with E-state index in [0.717, 1.165) is 5.56 Å². The van der Waals surface area contributed by atoms with Gasteiger partial charge in [0, 0.05) is 18.9 Å². The van der Waals surface area contributed by atoms with Crippen molar-refractivity contribution in [1.29, 1.82) is 0 Å². The molecule has 3 aromatic rings. The Morgan fingerprint density at radius 3 is 2.91 bits per heavy atom. The number of anilines is 1. The number of aromatic carboxylic acids is 1. The molecule has 2 N–H and O–H groups in total. The number of nitrogens with one attached hydrogen (secondary N) is 1. The van der Waals surface area contributed by atoms with Crippen molar-refractivity contribution >= 4 is 17.3 Å². The van der Waals surface area contributed by atoms with E-state index >= 15 is 0 Å². The number of aromatic nitrogens is 2. The van der Waals surface area contributed by atoms with Gasteiger partial charge in [-0.25, -0.2) is 14.2 Å². The number of carbonyl (C=O) groups is 1. The third-order valence-electron chi connectivity index (χ3n) is 3.47. The van der Waals surface area contributed by atoms with Crippen LogP contribution in [0.5, 0.6) is 0 Å². The van der Waals surface area contributed by atoms with Gasteiger partial charge in [-0.05, 0) is 36.2 Å². The number of carboxylic acids is 1. The van der Waals surface area contributed by atoms with Gasteiger partial charge in [0.1, 0.15) is 11.5 Å². The smallest absolute Gasteiger partial charge is 0.355 e. The molecule has 0 saturated heterocycles. The van der Waals surface area contributed by atoms with E-state index in [2.05, 4.69) is 10.3 Å². The summed E-state index contributed by atoms with van der Waals surface area (Å²) in [6.45, 7) is 2.10. The van der Waals surface area contributed by atoms with Crippen molar-refractivity contribution in [1.82, 2.24) is 9.38 Å². The molecular weight excluding hydrogens is 285 g/mol. The number of halogens is 1. The average Bonchev–Trinajstić information content (AvgIpc) is 2.95. The van der Waals surface area contributed by atoms with Crippen molar-refractivity contribution in [3.8, 4) is 0 Å². The van der Waals surface area contributed by atoms with Crippen molar-refractivity contribution in [2.24, 2.45) is 0 Å². The fourth-order valence-corrected chi connectivity index (χ4v) is 2.37. The Hall–Kier alpha value is -2.89. The van der Waals surface area contributed by atoms with Gasteiger partial charge in [-0.1, -0.05) is 12.1 Å². The Morgan fingerprint density at radius 1 is 1.36 bits per heavy atom. The topological polar surface area (TPSA) is 66.6 Å². The van der Waals surface area contributed by atoms with Crippen LogP contribution in [0.25, 0.3) is 5.65 Å². The van der Waals surface area contributed by atoms with Crippen LogP contribution in [0, 0.1) is 12.7 Å². The Labute approximate surface area is 126 Å². The van der Waals surface area contributed by atoms with Crippen LogP contribution >= 0.6 is 0 Å². The number of aryl methyl sites for hydroxylation is 1. The number of hydrogen-bond donors (Lipinski definition) is 2. The number of rotatable bonds is 4. The van der Waals surface area contributed by atoms with Gasteiger partial charge >= 0.3 is 5.97 Å². The molecule has 22 heavy (non-hydrogen) atoms. The number of fused-ring (bicyclic) bond motifs is 1. The zero-order valence-corrected chi connectivity index (χ0v) is 11.9. The molecule has 0 bridgehead atoms. The van der Waals surface area contributed by atoms with Gasteiger partial charge in [-0.2, -0.15) is 0 Å². The average molecular weight is 299 g/mol. The summed E-state index contributed by atoms with van der Waals surface area (Å²) < 4.78 is 14.8. The Kier molecular flexibility index (Phi) is 3.50. The van der Waals surface area contributed by atoms with Crippen LogP contribution < -0.4 is 5.32 Å². The van der Waals surface area contributed by atoms with Crippen LogP contribution in [0.3, 0.4) is 0 Å². The second kappa shape index (κ2) is 5.48. The van der Waals surface area contributed by atoms with Crippen LogP contribution in [0.15, 0.2) is 42.7 Å². The first-order valence-corrected chi connectivity index (χ1v) is 6.74. The lowest BCUT2D eigenvalue weighted by molar-refractivity contribution is 0.0690. The van der Waals surface area contributed by atoms with Crippen LogP contribution in [0.2, 0.25) is 0 Å². The molecule has 3 rings (SSSR count). The van der Waals surface area contributed by atoms with E-state index in [1.54, 1.807) is 43.6 Å². The lowest BCUT2D eigenvalue weighted by Gasteiger charge is -2.12.